The van der Waals surface area contributed by atoms with Crippen molar-refractivity contribution in [3.8, 4) is 11.5 Å². The second-order valence-corrected chi connectivity index (χ2v) is 2.94. The molecule has 0 radical (unpaired) electrons. The molecule has 0 unspecified atom stereocenters. The van der Waals surface area contributed by atoms with Gasteiger partial charge >= 0.3 is 7.12 Å². The first-order valence-corrected chi connectivity index (χ1v) is 4.58. The Kier molecular flexibility index (Phi) is 2.46. The number of hydrogen-bond acceptors (Lipinski definition) is 2. The van der Waals surface area contributed by atoms with Crippen molar-refractivity contribution in [1.29, 1.82) is 0 Å². The number of allylic oxidation sites excluding steroid dienone is 1. The van der Waals surface area contributed by atoms with Gasteiger partial charge in [-0.2, -0.15) is 0 Å². The largest absolute Gasteiger partial charge is 0.624 e. The summed E-state index contributed by atoms with van der Waals surface area (Å²) in [5, 5.41) is 0. The quantitative estimate of drug-likeness (QED) is 0.531. The Morgan fingerprint density at radius 2 is 1.85 bits per heavy atom. The number of hydrogen-bond donors (Lipinski definition) is 0. The molecule has 0 aliphatic carbocycles. The molecule has 0 aromatic heterocycles. The van der Waals surface area contributed by atoms with Crippen LogP contribution in [0.3, 0.4) is 0 Å². The summed E-state index contributed by atoms with van der Waals surface area (Å²) in [6, 6.07) is 7.58. The van der Waals surface area contributed by atoms with Gasteiger partial charge in [0, 0.05) is 5.88 Å². The van der Waals surface area contributed by atoms with Crippen LogP contribution < -0.4 is 9.31 Å². The Bertz CT molecular complexity index is 302. The van der Waals surface area contributed by atoms with E-state index in [-0.39, 0.29) is 7.12 Å². The molecule has 0 amide bonds. The van der Waals surface area contributed by atoms with E-state index in [1.165, 1.54) is 0 Å². The maximum Gasteiger partial charge on any atom is 0.624 e. The van der Waals surface area contributed by atoms with Crippen molar-refractivity contribution in [1.82, 2.24) is 0 Å². The van der Waals surface area contributed by atoms with Crippen LogP contribution in [0, 0.1) is 0 Å². The van der Waals surface area contributed by atoms with Gasteiger partial charge in [-0.3, -0.25) is 0 Å². The summed E-state index contributed by atoms with van der Waals surface area (Å²) >= 11 is 5.49. The third-order valence-corrected chi connectivity index (χ3v) is 1.90. The lowest BCUT2D eigenvalue weighted by Gasteiger charge is -1.96. The molecule has 0 saturated heterocycles. The minimum Gasteiger partial charge on any atom is -0.520 e. The lowest BCUT2D eigenvalue weighted by molar-refractivity contribution is 0.517. The Balaban J connectivity index is 2.09. The molecule has 1 aliphatic rings. The van der Waals surface area contributed by atoms with Gasteiger partial charge in [-0.05, 0) is 18.1 Å². The highest BCUT2D eigenvalue weighted by Gasteiger charge is 2.28. The molecule has 2 nitrogen and oxygen atoms in total. The molecule has 66 valence electrons. The van der Waals surface area contributed by atoms with Crippen molar-refractivity contribution in [2.45, 2.75) is 0 Å². The summed E-state index contributed by atoms with van der Waals surface area (Å²) in [6.45, 7) is 0. The molecule has 1 heterocycles. The monoisotopic (exact) mass is 194 g/mol. The van der Waals surface area contributed by atoms with Gasteiger partial charge in [0.1, 0.15) is 11.5 Å². The van der Waals surface area contributed by atoms with Crippen LogP contribution in [0.1, 0.15) is 0 Å². The topological polar surface area (TPSA) is 18.5 Å². The Morgan fingerprint density at radius 1 is 1.23 bits per heavy atom. The van der Waals surface area contributed by atoms with Gasteiger partial charge in [0.05, 0.1) is 0 Å². The van der Waals surface area contributed by atoms with Gasteiger partial charge in [0.15, 0.2) is 0 Å². The van der Waals surface area contributed by atoms with Crippen molar-refractivity contribution >= 4 is 18.7 Å². The van der Waals surface area contributed by atoms with Gasteiger partial charge in [0.25, 0.3) is 0 Å². The number of alkyl halides is 1. The Hall–Kier alpha value is -1.09. The summed E-state index contributed by atoms with van der Waals surface area (Å²) in [4.78, 5) is 0. The number of halogens is 1. The number of para-hydroxylation sites is 2. The summed E-state index contributed by atoms with van der Waals surface area (Å²) < 4.78 is 10.9. The third-order valence-electron chi connectivity index (χ3n) is 1.72. The number of benzene rings is 1. The zero-order chi connectivity index (χ0) is 9.10. The zero-order valence-corrected chi connectivity index (χ0v) is 7.70. The van der Waals surface area contributed by atoms with Crippen molar-refractivity contribution in [3.63, 3.8) is 0 Å². The fourth-order valence-corrected chi connectivity index (χ4v) is 1.26. The number of fused-ring (bicyclic) bond motifs is 1. The fraction of sp³-hybridized carbons (Fsp3) is 0.111. The minimum absolute atomic E-state index is 0.323. The van der Waals surface area contributed by atoms with Crippen LogP contribution in [0.15, 0.2) is 36.3 Å². The van der Waals surface area contributed by atoms with Crippen molar-refractivity contribution in [2.75, 3.05) is 5.88 Å². The average Bonchev–Trinajstić information content (AvgIpc) is 2.57. The lowest BCUT2D eigenvalue weighted by Crippen LogP contribution is -2.21. The second-order valence-electron chi connectivity index (χ2n) is 2.63. The van der Waals surface area contributed by atoms with E-state index in [2.05, 4.69) is 0 Å². The Morgan fingerprint density at radius 3 is 2.38 bits per heavy atom. The zero-order valence-electron chi connectivity index (χ0n) is 6.94. The van der Waals surface area contributed by atoms with Gasteiger partial charge < -0.3 is 9.31 Å². The van der Waals surface area contributed by atoms with E-state index in [0.29, 0.717) is 5.88 Å². The van der Waals surface area contributed by atoms with E-state index in [4.69, 9.17) is 20.9 Å². The van der Waals surface area contributed by atoms with Crippen LogP contribution in [0.2, 0.25) is 0 Å². The van der Waals surface area contributed by atoms with Gasteiger partial charge in [0.2, 0.25) is 0 Å². The molecule has 2 rings (SSSR count). The first-order chi connectivity index (χ1) is 6.40. The maximum atomic E-state index is 5.49. The van der Waals surface area contributed by atoms with Gasteiger partial charge in [-0.25, -0.2) is 0 Å². The lowest BCUT2D eigenvalue weighted by atomic mass is 9.91. The first kappa shape index (κ1) is 8.51. The van der Waals surface area contributed by atoms with Crippen LogP contribution in [0.25, 0.3) is 0 Å². The van der Waals surface area contributed by atoms with E-state index in [1.54, 1.807) is 12.1 Å². The molecular weight excluding hydrogens is 186 g/mol. The smallest absolute Gasteiger partial charge is 0.520 e. The van der Waals surface area contributed by atoms with Crippen LogP contribution >= 0.6 is 11.6 Å². The molecule has 1 aliphatic heterocycles. The van der Waals surface area contributed by atoms with E-state index in [9.17, 15) is 0 Å². The number of rotatable bonds is 2. The predicted octanol–water partition coefficient (Wildman–Crippen LogP) is 2.28. The second kappa shape index (κ2) is 3.75. The minimum atomic E-state index is -0.323. The normalized spacial score (nSPS) is 14.1. The highest BCUT2D eigenvalue weighted by molar-refractivity contribution is 6.53. The van der Waals surface area contributed by atoms with E-state index in [1.807, 2.05) is 24.3 Å². The summed E-state index contributed by atoms with van der Waals surface area (Å²) in [6.07, 6.45) is 1.80. The maximum absolute atomic E-state index is 5.49. The fourth-order valence-electron chi connectivity index (χ4n) is 1.16. The molecule has 0 spiro atoms. The first-order valence-electron chi connectivity index (χ1n) is 4.05. The summed E-state index contributed by atoms with van der Waals surface area (Å²) in [5.41, 5.74) is 0. The molecule has 13 heavy (non-hydrogen) atoms. The van der Waals surface area contributed by atoms with E-state index >= 15 is 0 Å². The molecule has 0 atom stereocenters. The van der Waals surface area contributed by atoms with Crippen molar-refractivity contribution in [2.24, 2.45) is 0 Å². The van der Waals surface area contributed by atoms with Crippen LogP contribution in [0.5, 0.6) is 11.5 Å². The predicted molar refractivity (Wildman–Crippen MR) is 53.3 cm³/mol. The van der Waals surface area contributed by atoms with E-state index in [0.717, 1.165) is 11.5 Å². The molecule has 0 N–H and O–H groups in total. The van der Waals surface area contributed by atoms with Gasteiger partial charge in [-0.1, -0.05) is 18.2 Å². The summed E-state index contributed by atoms with van der Waals surface area (Å²) in [5.74, 6) is 3.84. The summed E-state index contributed by atoms with van der Waals surface area (Å²) in [7, 11) is -0.323. The SMILES string of the molecule is ClC/C=C/B1Oc2ccccc2O1. The van der Waals surface area contributed by atoms with Crippen molar-refractivity contribution in [3.05, 3.63) is 36.3 Å². The Labute approximate surface area is 82.3 Å². The van der Waals surface area contributed by atoms with Crippen LogP contribution in [-0.4, -0.2) is 13.0 Å². The van der Waals surface area contributed by atoms with Gasteiger partial charge in [-0.15, -0.1) is 11.6 Å². The third kappa shape index (κ3) is 1.81. The highest BCUT2D eigenvalue weighted by atomic mass is 35.5. The van der Waals surface area contributed by atoms with Crippen LogP contribution in [-0.2, 0) is 0 Å². The molecule has 1 aromatic rings. The molecule has 0 fully saturated rings. The standard InChI is InChI=1S/C9H8BClO2/c11-7-3-6-10-12-8-4-1-2-5-9(8)13-10/h1-6H,7H2/b6-3+. The highest BCUT2D eigenvalue weighted by Crippen LogP contribution is 2.32. The van der Waals surface area contributed by atoms with E-state index < -0.39 is 0 Å². The average molecular weight is 194 g/mol. The molecule has 4 heteroatoms. The van der Waals surface area contributed by atoms with Crippen LogP contribution in [0.4, 0.5) is 0 Å². The molecule has 0 saturated carbocycles. The molecule has 1 aromatic carbocycles. The van der Waals surface area contributed by atoms with Crippen molar-refractivity contribution < 1.29 is 9.31 Å². The molecular formula is C9H8BClO2. The molecule has 0 bridgehead atoms.